The van der Waals surface area contributed by atoms with Crippen LogP contribution in [0.4, 0.5) is 11.4 Å². The van der Waals surface area contributed by atoms with Gasteiger partial charge in [0.2, 0.25) is 0 Å². The van der Waals surface area contributed by atoms with Crippen LogP contribution in [0.25, 0.3) is 0 Å². The number of nitrogen functional groups attached to an aromatic ring is 1. The van der Waals surface area contributed by atoms with E-state index in [2.05, 4.69) is 52.6 Å². The number of nitrogens with two attached hydrogens (primary N) is 1. The third-order valence-electron chi connectivity index (χ3n) is 2.75. The molecule has 0 bridgehead atoms. The van der Waals surface area contributed by atoms with Crippen molar-refractivity contribution in [2.75, 3.05) is 17.2 Å². The molecule has 15 heavy (non-hydrogen) atoms. The number of benzene rings is 1. The van der Waals surface area contributed by atoms with Gasteiger partial charge >= 0.3 is 0 Å². The van der Waals surface area contributed by atoms with Gasteiger partial charge in [-0.15, -0.1) is 0 Å². The molecule has 2 N–H and O–H groups in total. The summed E-state index contributed by atoms with van der Waals surface area (Å²) in [7, 11) is 0. The molecule has 0 aromatic heterocycles. The van der Waals surface area contributed by atoms with Crippen LogP contribution in [-0.2, 0) is 0 Å². The molecule has 1 fully saturated rings. The van der Waals surface area contributed by atoms with Gasteiger partial charge in [-0.2, -0.15) is 0 Å². The van der Waals surface area contributed by atoms with E-state index in [-0.39, 0.29) is 0 Å². The first kappa shape index (κ1) is 11.0. The summed E-state index contributed by atoms with van der Waals surface area (Å²) >= 11 is 2.30. The molecule has 2 rings (SSSR count). The molecule has 3 heteroatoms. The van der Waals surface area contributed by atoms with Gasteiger partial charge in [-0.3, -0.25) is 0 Å². The topological polar surface area (TPSA) is 29.3 Å². The lowest BCUT2D eigenvalue weighted by atomic mass is 10.2. The largest absolute Gasteiger partial charge is 0.397 e. The fraction of sp³-hybridized carbons (Fsp3) is 0.500. The van der Waals surface area contributed by atoms with Gasteiger partial charge in [-0.1, -0.05) is 6.92 Å². The van der Waals surface area contributed by atoms with Crippen molar-refractivity contribution in [1.82, 2.24) is 0 Å². The predicted octanol–water partition coefficient (Wildman–Crippen LogP) is 3.25. The summed E-state index contributed by atoms with van der Waals surface area (Å²) in [6.45, 7) is 3.34. The molecule has 0 spiro atoms. The summed E-state index contributed by atoms with van der Waals surface area (Å²) in [5, 5.41) is 0. The molecule has 1 aliphatic carbocycles. The third kappa shape index (κ3) is 2.56. The van der Waals surface area contributed by atoms with Gasteiger partial charge in [0.15, 0.2) is 0 Å². The van der Waals surface area contributed by atoms with Crippen molar-refractivity contribution in [3.63, 3.8) is 0 Å². The van der Waals surface area contributed by atoms with E-state index in [1.807, 2.05) is 0 Å². The van der Waals surface area contributed by atoms with Crippen LogP contribution in [0.15, 0.2) is 18.2 Å². The van der Waals surface area contributed by atoms with Crippen molar-refractivity contribution in [3.8, 4) is 0 Å². The van der Waals surface area contributed by atoms with Crippen LogP contribution in [0.1, 0.15) is 26.2 Å². The standard InChI is InChI=1S/C12H17IN2/c1-2-7-15(10-4-5-10)12-6-3-9(13)8-11(12)14/h3,6,8,10H,2,4-5,7,14H2,1H3. The molecule has 0 unspecified atom stereocenters. The van der Waals surface area contributed by atoms with Crippen molar-refractivity contribution in [1.29, 1.82) is 0 Å². The van der Waals surface area contributed by atoms with E-state index in [1.165, 1.54) is 28.5 Å². The normalized spacial score (nSPS) is 15.3. The fourth-order valence-electron chi connectivity index (χ4n) is 1.91. The highest BCUT2D eigenvalue weighted by molar-refractivity contribution is 14.1. The van der Waals surface area contributed by atoms with E-state index in [1.54, 1.807) is 0 Å². The molecular weight excluding hydrogens is 299 g/mol. The highest BCUT2D eigenvalue weighted by Crippen LogP contribution is 2.35. The van der Waals surface area contributed by atoms with E-state index in [4.69, 9.17) is 5.73 Å². The average Bonchev–Trinajstić information content (AvgIpc) is 2.98. The Kier molecular flexibility index (Phi) is 3.38. The van der Waals surface area contributed by atoms with Crippen LogP contribution < -0.4 is 10.6 Å². The van der Waals surface area contributed by atoms with Crippen LogP contribution in [0, 0.1) is 3.57 Å². The Labute approximate surface area is 105 Å². The van der Waals surface area contributed by atoms with Crippen LogP contribution in [0.3, 0.4) is 0 Å². The number of hydrogen-bond acceptors (Lipinski definition) is 2. The lowest BCUT2D eigenvalue weighted by Gasteiger charge is -2.25. The Morgan fingerprint density at radius 1 is 1.47 bits per heavy atom. The van der Waals surface area contributed by atoms with Gasteiger partial charge in [0.05, 0.1) is 11.4 Å². The van der Waals surface area contributed by atoms with Crippen LogP contribution in [-0.4, -0.2) is 12.6 Å². The second-order valence-electron chi connectivity index (χ2n) is 4.13. The molecule has 1 aliphatic rings. The van der Waals surface area contributed by atoms with Crippen LogP contribution in [0.5, 0.6) is 0 Å². The summed E-state index contributed by atoms with van der Waals surface area (Å²) in [6.07, 6.45) is 3.83. The van der Waals surface area contributed by atoms with Crippen LogP contribution in [0.2, 0.25) is 0 Å². The molecule has 0 aliphatic heterocycles. The van der Waals surface area contributed by atoms with Gasteiger partial charge in [0.25, 0.3) is 0 Å². The number of anilines is 2. The molecule has 0 radical (unpaired) electrons. The third-order valence-corrected chi connectivity index (χ3v) is 3.42. The molecule has 1 aromatic carbocycles. The number of rotatable bonds is 4. The Balaban J connectivity index is 2.24. The molecule has 0 heterocycles. The predicted molar refractivity (Wildman–Crippen MR) is 74.2 cm³/mol. The van der Waals surface area contributed by atoms with Gasteiger partial charge < -0.3 is 10.6 Å². The van der Waals surface area contributed by atoms with Gasteiger partial charge in [-0.25, -0.2) is 0 Å². The number of hydrogen-bond donors (Lipinski definition) is 1. The first-order valence-electron chi connectivity index (χ1n) is 5.54. The maximum absolute atomic E-state index is 6.07. The monoisotopic (exact) mass is 316 g/mol. The number of halogens is 1. The smallest absolute Gasteiger partial charge is 0.0603 e. The van der Waals surface area contributed by atoms with Crippen LogP contribution >= 0.6 is 22.6 Å². The summed E-state index contributed by atoms with van der Waals surface area (Å²) in [5.74, 6) is 0. The second kappa shape index (κ2) is 4.60. The highest BCUT2D eigenvalue weighted by Gasteiger charge is 2.29. The zero-order valence-corrected chi connectivity index (χ0v) is 11.2. The molecule has 2 nitrogen and oxygen atoms in total. The second-order valence-corrected chi connectivity index (χ2v) is 5.37. The lowest BCUT2D eigenvalue weighted by Crippen LogP contribution is -2.27. The van der Waals surface area contributed by atoms with E-state index in [0.29, 0.717) is 0 Å². The van der Waals surface area contributed by atoms with Gasteiger partial charge in [0.1, 0.15) is 0 Å². The van der Waals surface area contributed by atoms with Crippen molar-refractivity contribution >= 4 is 34.0 Å². The highest BCUT2D eigenvalue weighted by atomic mass is 127. The quantitative estimate of drug-likeness (QED) is 0.682. The minimum Gasteiger partial charge on any atom is -0.397 e. The first-order valence-corrected chi connectivity index (χ1v) is 6.62. The molecule has 1 saturated carbocycles. The Hall–Kier alpha value is -0.450. The van der Waals surface area contributed by atoms with Crippen molar-refractivity contribution in [2.24, 2.45) is 0 Å². The average molecular weight is 316 g/mol. The molecule has 82 valence electrons. The van der Waals surface area contributed by atoms with E-state index >= 15 is 0 Å². The zero-order valence-electron chi connectivity index (χ0n) is 9.04. The summed E-state index contributed by atoms with van der Waals surface area (Å²) < 4.78 is 1.21. The van der Waals surface area contributed by atoms with Gasteiger partial charge in [-0.05, 0) is 60.1 Å². The van der Waals surface area contributed by atoms with Crippen molar-refractivity contribution in [3.05, 3.63) is 21.8 Å². The minimum atomic E-state index is 0.743. The maximum Gasteiger partial charge on any atom is 0.0603 e. The Morgan fingerprint density at radius 3 is 2.73 bits per heavy atom. The summed E-state index contributed by atoms with van der Waals surface area (Å²) in [5.41, 5.74) is 8.21. The van der Waals surface area contributed by atoms with Crippen molar-refractivity contribution < 1.29 is 0 Å². The summed E-state index contributed by atoms with van der Waals surface area (Å²) in [6, 6.07) is 7.09. The Morgan fingerprint density at radius 2 is 2.20 bits per heavy atom. The molecule has 0 atom stereocenters. The zero-order chi connectivity index (χ0) is 10.8. The maximum atomic E-state index is 6.07. The van der Waals surface area contributed by atoms with Gasteiger partial charge in [0, 0.05) is 16.2 Å². The number of nitrogens with zero attached hydrogens (tertiary/aromatic N) is 1. The fourth-order valence-corrected chi connectivity index (χ4v) is 2.43. The molecule has 1 aromatic rings. The Bertz CT molecular complexity index is 347. The SMILES string of the molecule is CCCN(c1ccc(I)cc1N)C1CC1. The molecular formula is C12H17IN2. The summed E-state index contributed by atoms with van der Waals surface area (Å²) in [4.78, 5) is 2.46. The molecule has 0 amide bonds. The van der Waals surface area contributed by atoms with E-state index in [0.717, 1.165) is 18.3 Å². The first-order chi connectivity index (χ1) is 7.22. The molecule has 0 saturated heterocycles. The van der Waals surface area contributed by atoms with E-state index < -0.39 is 0 Å². The lowest BCUT2D eigenvalue weighted by molar-refractivity contribution is 0.764. The van der Waals surface area contributed by atoms with E-state index in [9.17, 15) is 0 Å². The van der Waals surface area contributed by atoms with Crippen molar-refractivity contribution in [2.45, 2.75) is 32.2 Å². The minimum absolute atomic E-state index is 0.743.